The lowest BCUT2D eigenvalue weighted by atomic mass is 9.93. The van der Waals surface area contributed by atoms with E-state index in [4.69, 9.17) is 5.73 Å². The SMILES string of the molecule is Nc1ccc(-c2ccc3c(c2)c2ccccc2n3-c2ccccc2)cc1-c1cccc2ccccc12. The molecule has 6 aromatic carbocycles. The molecule has 0 radical (unpaired) electrons. The largest absolute Gasteiger partial charge is 0.398 e. The summed E-state index contributed by atoms with van der Waals surface area (Å²) >= 11 is 0. The minimum absolute atomic E-state index is 0.789. The van der Waals surface area contributed by atoms with Gasteiger partial charge in [-0.25, -0.2) is 0 Å². The Morgan fingerprint density at radius 1 is 0.444 bits per heavy atom. The van der Waals surface area contributed by atoms with Crippen LogP contribution in [0.2, 0.25) is 0 Å². The van der Waals surface area contributed by atoms with E-state index in [9.17, 15) is 0 Å². The Kier molecular flexibility index (Phi) is 4.65. The maximum absolute atomic E-state index is 6.52. The molecule has 1 heterocycles. The lowest BCUT2D eigenvalue weighted by Gasteiger charge is -2.12. The first-order valence-electron chi connectivity index (χ1n) is 12.2. The fourth-order valence-corrected chi connectivity index (χ4v) is 5.44. The molecule has 0 amide bonds. The molecule has 0 fully saturated rings. The van der Waals surface area contributed by atoms with Crippen LogP contribution in [-0.2, 0) is 0 Å². The molecule has 0 saturated carbocycles. The van der Waals surface area contributed by atoms with Gasteiger partial charge in [0.1, 0.15) is 0 Å². The first-order chi connectivity index (χ1) is 17.8. The van der Waals surface area contributed by atoms with Crippen LogP contribution < -0.4 is 5.73 Å². The highest BCUT2D eigenvalue weighted by atomic mass is 15.0. The van der Waals surface area contributed by atoms with Crippen molar-refractivity contribution in [1.82, 2.24) is 4.57 Å². The predicted molar refractivity (Wildman–Crippen MR) is 154 cm³/mol. The summed E-state index contributed by atoms with van der Waals surface area (Å²) in [4.78, 5) is 0. The molecule has 7 rings (SSSR count). The van der Waals surface area contributed by atoms with Crippen LogP contribution in [0, 0.1) is 0 Å². The number of nitrogen functional groups attached to an aromatic ring is 1. The molecular formula is C34H24N2. The van der Waals surface area contributed by atoms with Crippen LogP contribution in [-0.4, -0.2) is 4.57 Å². The van der Waals surface area contributed by atoms with Crippen molar-refractivity contribution >= 4 is 38.3 Å². The van der Waals surface area contributed by atoms with E-state index in [1.807, 2.05) is 6.07 Å². The van der Waals surface area contributed by atoms with E-state index < -0.39 is 0 Å². The highest BCUT2D eigenvalue weighted by Crippen LogP contribution is 2.38. The number of anilines is 1. The van der Waals surface area contributed by atoms with Gasteiger partial charge < -0.3 is 10.3 Å². The number of hydrogen-bond acceptors (Lipinski definition) is 1. The molecule has 36 heavy (non-hydrogen) atoms. The van der Waals surface area contributed by atoms with E-state index in [0.717, 1.165) is 22.4 Å². The second-order valence-electron chi connectivity index (χ2n) is 9.25. The number of aromatic nitrogens is 1. The molecule has 0 unspecified atom stereocenters. The molecule has 0 aliphatic heterocycles. The van der Waals surface area contributed by atoms with Gasteiger partial charge in [0.15, 0.2) is 0 Å². The lowest BCUT2D eigenvalue weighted by Crippen LogP contribution is -1.93. The van der Waals surface area contributed by atoms with Crippen LogP contribution in [0.25, 0.3) is 60.5 Å². The van der Waals surface area contributed by atoms with Gasteiger partial charge in [0.25, 0.3) is 0 Å². The van der Waals surface area contributed by atoms with E-state index >= 15 is 0 Å². The first kappa shape index (κ1) is 20.5. The molecule has 7 aromatic rings. The average molecular weight is 461 g/mol. The first-order valence-corrected chi connectivity index (χ1v) is 12.2. The molecule has 0 aliphatic carbocycles. The van der Waals surface area contributed by atoms with Gasteiger partial charge in [-0.3, -0.25) is 0 Å². The standard InChI is InChI=1S/C34H24N2/c35-32-19-17-24(21-30(32)28-15-8-10-23-9-4-5-13-27(23)28)25-18-20-34-31(22-25)29-14-6-7-16-33(29)36(34)26-11-2-1-3-12-26/h1-22H,35H2. The van der Waals surface area contributed by atoms with Crippen molar-refractivity contribution in [1.29, 1.82) is 0 Å². The summed E-state index contributed by atoms with van der Waals surface area (Å²) in [5, 5.41) is 4.93. The summed E-state index contributed by atoms with van der Waals surface area (Å²) < 4.78 is 2.35. The topological polar surface area (TPSA) is 30.9 Å². The van der Waals surface area contributed by atoms with Crippen LogP contribution in [0.3, 0.4) is 0 Å². The molecule has 170 valence electrons. The van der Waals surface area contributed by atoms with Gasteiger partial charge in [-0.1, -0.05) is 91.0 Å². The third-order valence-corrected chi connectivity index (χ3v) is 7.15. The predicted octanol–water partition coefficient (Wildman–Crippen LogP) is 8.85. The van der Waals surface area contributed by atoms with Crippen molar-refractivity contribution in [2.24, 2.45) is 0 Å². The van der Waals surface area contributed by atoms with Crippen molar-refractivity contribution in [3.63, 3.8) is 0 Å². The number of benzene rings is 6. The molecule has 0 bridgehead atoms. The van der Waals surface area contributed by atoms with Crippen LogP contribution in [0.5, 0.6) is 0 Å². The second-order valence-corrected chi connectivity index (χ2v) is 9.25. The zero-order chi connectivity index (χ0) is 24.1. The van der Waals surface area contributed by atoms with Crippen molar-refractivity contribution in [3.05, 3.63) is 133 Å². The summed E-state index contributed by atoms with van der Waals surface area (Å²) in [6.45, 7) is 0. The summed E-state index contributed by atoms with van der Waals surface area (Å²) in [5.74, 6) is 0. The number of nitrogens with two attached hydrogens (primary N) is 1. The third kappa shape index (κ3) is 3.19. The minimum Gasteiger partial charge on any atom is -0.398 e. The molecule has 0 atom stereocenters. The highest BCUT2D eigenvalue weighted by Gasteiger charge is 2.14. The Morgan fingerprint density at radius 3 is 2.00 bits per heavy atom. The quantitative estimate of drug-likeness (QED) is 0.262. The van der Waals surface area contributed by atoms with E-state index in [1.54, 1.807) is 0 Å². The molecule has 0 saturated heterocycles. The van der Waals surface area contributed by atoms with Gasteiger partial charge in [-0.05, 0) is 69.9 Å². The Bertz CT molecular complexity index is 1890. The molecule has 2 N–H and O–H groups in total. The van der Waals surface area contributed by atoms with Crippen LogP contribution >= 0.6 is 0 Å². The molecule has 1 aromatic heterocycles. The van der Waals surface area contributed by atoms with Gasteiger partial charge in [0, 0.05) is 27.7 Å². The maximum atomic E-state index is 6.52. The normalized spacial score (nSPS) is 11.4. The smallest absolute Gasteiger partial charge is 0.0541 e. The highest BCUT2D eigenvalue weighted by molar-refractivity contribution is 6.10. The Hall–Kier alpha value is -4.82. The number of fused-ring (bicyclic) bond motifs is 4. The second kappa shape index (κ2) is 8.14. The molecular weight excluding hydrogens is 436 g/mol. The van der Waals surface area contributed by atoms with Gasteiger partial charge in [0.05, 0.1) is 11.0 Å². The van der Waals surface area contributed by atoms with Gasteiger partial charge in [0.2, 0.25) is 0 Å². The minimum atomic E-state index is 0.789. The average Bonchev–Trinajstić information content (AvgIpc) is 3.27. The van der Waals surface area contributed by atoms with E-state index in [-0.39, 0.29) is 0 Å². The fourth-order valence-electron chi connectivity index (χ4n) is 5.44. The summed E-state index contributed by atoms with van der Waals surface area (Å²) in [7, 11) is 0. The van der Waals surface area contributed by atoms with Crippen LogP contribution in [0.1, 0.15) is 0 Å². The Labute approximate surface area is 209 Å². The van der Waals surface area contributed by atoms with E-state index in [1.165, 1.54) is 43.8 Å². The molecule has 0 aliphatic rings. The van der Waals surface area contributed by atoms with Gasteiger partial charge >= 0.3 is 0 Å². The Balaban J connectivity index is 1.44. The summed E-state index contributed by atoms with van der Waals surface area (Å²) in [5.41, 5.74) is 15.5. The van der Waals surface area contributed by atoms with Gasteiger partial charge in [-0.15, -0.1) is 0 Å². The zero-order valence-electron chi connectivity index (χ0n) is 19.7. The molecule has 2 heteroatoms. The Morgan fingerprint density at radius 2 is 1.11 bits per heavy atom. The molecule has 2 nitrogen and oxygen atoms in total. The molecule has 0 spiro atoms. The third-order valence-electron chi connectivity index (χ3n) is 7.15. The number of nitrogens with zero attached hydrogens (tertiary/aromatic N) is 1. The summed E-state index contributed by atoms with van der Waals surface area (Å²) in [6.07, 6.45) is 0. The van der Waals surface area contributed by atoms with Crippen molar-refractivity contribution in [2.75, 3.05) is 5.73 Å². The van der Waals surface area contributed by atoms with E-state index in [2.05, 4.69) is 132 Å². The van der Waals surface area contributed by atoms with Crippen LogP contribution in [0.4, 0.5) is 5.69 Å². The number of hydrogen-bond donors (Lipinski definition) is 1. The van der Waals surface area contributed by atoms with Crippen LogP contribution in [0.15, 0.2) is 133 Å². The van der Waals surface area contributed by atoms with E-state index in [0.29, 0.717) is 0 Å². The van der Waals surface area contributed by atoms with Crippen molar-refractivity contribution in [3.8, 4) is 27.9 Å². The number of rotatable bonds is 3. The monoisotopic (exact) mass is 460 g/mol. The lowest BCUT2D eigenvalue weighted by molar-refractivity contribution is 1.18. The number of para-hydroxylation sites is 2. The summed E-state index contributed by atoms with van der Waals surface area (Å²) in [6, 6.07) is 47.3. The zero-order valence-corrected chi connectivity index (χ0v) is 19.7. The van der Waals surface area contributed by atoms with Crippen molar-refractivity contribution < 1.29 is 0 Å². The maximum Gasteiger partial charge on any atom is 0.0541 e. The van der Waals surface area contributed by atoms with Crippen molar-refractivity contribution in [2.45, 2.75) is 0 Å². The van der Waals surface area contributed by atoms with Gasteiger partial charge in [-0.2, -0.15) is 0 Å². The fraction of sp³-hybridized carbons (Fsp3) is 0.